The molecule has 0 radical (unpaired) electrons. The van der Waals surface area contributed by atoms with E-state index in [4.69, 9.17) is 4.74 Å². The van der Waals surface area contributed by atoms with Gasteiger partial charge in [0.2, 0.25) is 0 Å². The van der Waals surface area contributed by atoms with Gasteiger partial charge in [-0.2, -0.15) is 11.8 Å². The number of ether oxygens (including phenoxy) is 1. The second-order valence-corrected chi connectivity index (χ2v) is 5.99. The highest BCUT2D eigenvalue weighted by Gasteiger charge is 2.46. The van der Waals surface area contributed by atoms with E-state index in [0.717, 1.165) is 17.4 Å². The topological polar surface area (TPSA) is 26.3 Å². The van der Waals surface area contributed by atoms with Crippen LogP contribution in [0.15, 0.2) is 11.6 Å². The predicted octanol–water partition coefficient (Wildman–Crippen LogP) is 2.10. The largest absolute Gasteiger partial charge is 0.466 e. The SMILES string of the molecule is COC(=O)C1=CC2C3CSCC2CC1C3. The van der Waals surface area contributed by atoms with Crippen molar-refractivity contribution in [1.82, 2.24) is 0 Å². The third-order valence-electron chi connectivity index (χ3n) is 4.16. The fourth-order valence-electron chi connectivity index (χ4n) is 3.48. The summed E-state index contributed by atoms with van der Waals surface area (Å²) in [4.78, 5) is 11.6. The molecule has 3 heteroatoms. The molecule has 1 saturated carbocycles. The number of carbonyl (C=O) groups excluding carboxylic acids is 1. The van der Waals surface area contributed by atoms with E-state index in [9.17, 15) is 4.79 Å². The van der Waals surface area contributed by atoms with Crippen molar-refractivity contribution in [3.63, 3.8) is 0 Å². The van der Waals surface area contributed by atoms with Gasteiger partial charge >= 0.3 is 5.97 Å². The van der Waals surface area contributed by atoms with Crippen LogP contribution in [0.1, 0.15) is 12.8 Å². The molecule has 1 saturated heterocycles. The molecule has 3 aliphatic carbocycles. The van der Waals surface area contributed by atoms with Crippen LogP contribution in [-0.4, -0.2) is 24.6 Å². The highest BCUT2D eigenvalue weighted by Crippen LogP contribution is 2.52. The van der Waals surface area contributed by atoms with E-state index in [-0.39, 0.29) is 5.97 Å². The molecular formula is C12H16O2S. The molecule has 2 nitrogen and oxygen atoms in total. The molecule has 0 amide bonds. The first-order valence-electron chi connectivity index (χ1n) is 5.67. The Morgan fingerprint density at radius 1 is 1.40 bits per heavy atom. The lowest BCUT2D eigenvalue weighted by Gasteiger charge is -2.48. The summed E-state index contributed by atoms with van der Waals surface area (Å²) in [5, 5.41) is 0. The standard InChI is InChI=1S/C12H16O2S/c1-14-12(13)11-4-10-8-2-7(11)3-9(10)6-15-5-8/h4,7-10H,2-3,5-6H2,1H3. The molecular weight excluding hydrogens is 208 g/mol. The monoisotopic (exact) mass is 224 g/mol. The lowest BCUT2D eigenvalue weighted by Crippen LogP contribution is -2.43. The lowest BCUT2D eigenvalue weighted by atomic mass is 9.61. The van der Waals surface area contributed by atoms with Gasteiger partial charge < -0.3 is 4.74 Å². The van der Waals surface area contributed by atoms with Crippen LogP contribution < -0.4 is 0 Å². The van der Waals surface area contributed by atoms with E-state index in [2.05, 4.69) is 17.8 Å². The minimum absolute atomic E-state index is 0.0878. The summed E-state index contributed by atoms with van der Waals surface area (Å²) in [7, 11) is 1.49. The Hall–Kier alpha value is -0.440. The highest BCUT2D eigenvalue weighted by molar-refractivity contribution is 7.99. The predicted molar refractivity (Wildman–Crippen MR) is 60.6 cm³/mol. The summed E-state index contributed by atoms with van der Waals surface area (Å²) in [6.45, 7) is 0. The average Bonchev–Trinajstić information content (AvgIpc) is 2.27. The van der Waals surface area contributed by atoms with E-state index < -0.39 is 0 Å². The van der Waals surface area contributed by atoms with Crippen LogP contribution in [0.4, 0.5) is 0 Å². The number of methoxy groups -OCH3 is 1. The second kappa shape index (κ2) is 3.55. The van der Waals surface area contributed by atoms with Crippen LogP contribution in [0.5, 0.6) is 0 Å². The molecule has 2 atom stereocenters. The molecule has 0 spiro atoms. The van der Waals surface area contributed by atoms with Crippen LogP contribution in [0.25, 0.3) is 0 Å². The molecule has 2 fully saturated rings. The van der Waals surface area contributed by atoms with Crippen molar-refractivity contribution in [2.45, 2.75) is 12.8 Å². The van der Waals surface area contributed by atoms with Gasteiger partial charge in [0.05, 0.1) is 7.11 Å². The third kappa shape index (κ3) is 1.43. The van der Waals surface area contributed by atoms with Crippen molar-refractivity contribution in [3.05, 3.63) is 11.6 Å². The van der Waals surface area contributed by atoms with Crippen molar-refractivity contribution < 1.29 is 9.53 Å². The summed E-state index contributed by atoms with van der Waals surface area (Å²) in [5.41, 5.74) is 0.974. The van der Waals surface area contributed by atoms with E-state index in [0.29, 0.717) is 11.8 Å². The summed E-state index contributed by atoms with van der Waals surface area (Å²) >= 11 is 2.10. The van der Waals surface area contributed by atoms with E-state index >= 15 is 0 Å². The van der Waals surface area contributed by atoms with Gasteiger partial charge in [0, 0.05) is 5.57 Å². The van der Waals surface area contributed by atoms with Gasteiger partial charge in [-0.3, -0.25) is 0 Å². The summed E-state index contributed by atoms with van der Waals surface area (Å²) in [6, 6.07) is 0. The zero-order chi connectivity index (χ0) is 10.4. The molecule has 0 aromatic rings. The second-order valence-electron chi connectivity index (χ2n) is 4.92. The number of thioether (sulfide) groups is 1. The van der Waals surface area contributed by atoms with Gasteiger partial charge in [0.25, 0.3) is 0 Å². The fourth-order valence-corrected chi connectivity index (χ4v) is 4.94. The minimum Gasteiger partial charge on any atom is -0.466 e. The molecule has 4 rings (SSSR count). The minimum atomic E-state index is -0.0878. The lowest BCUT2D eigenvalue weighted by molar-refractivity contribution is -0.137. The van der Waals surface area contributed by atoms with Crippen LogP contribution in [0, 0.1) is 23.7 Å². The highest BCUT2D eigenvalue weighted by atomic mass is 32.2. The van der Waals surface area contributed by atoms with Crippen molar-refractivity contribution in [3.8, 4) is 0 Å². The maximum atomic E-state index is 11.6. The molecule has 4 bridgehead atoms. The van der Waals surface area contributed by atoms with Crippen molar-refractivity contribution in [2.75, 3.05) is 18.6 Å². The van der Waals surface area contributed by atoms with E-state index in [1.54, 1.807) is 0 Å². The third-order valence-corrected chi connectivity index (χ3v) is 5.49. The molecule has 1 aliphatic heterocycles. The van der Waals surface area contributed by atoms with E-state index in [1.807, 2.05) is 0 Å². The fraction of sp³-hybridized carbons (Fsp3) is 0.750. The molecule has 1 heterocycles. The van der Waals surface area contributed by atoms with Crippen molar-refractivity contribution in [2.24, 2.45) is 23.7 Å². The Bertz CT molecular complexity index is 310. The maximum absolute atomic E-state index is 11.6. The summed E-state index contributed by atoms with van der Waals surface area (Å²) < 4.78 is 4.85. The Kier molecular flexibility index (Phi) is 2.31. The van der Waals surface area contributed by atoms with Crippen molar-refractivity contribution >= 4 is 17.7 Å². The number of allylic oxidation sites excluding steroid dienone is 1. The average molecular weight is 224 g/mol. The zero-order valence-corrected chi connectivity index (χ0v) is 9.76. The van der Waals surface area contributed by atoms with Gasteiger partial charge in [0.15, 0.2) is 0 Å². The number of hydrogen-bond acceptors (Lipinski definition) is 3. The van der Waals surface area contributed by atoms with Gasteiger partial charge in [0.1, 0.15) is 0 Å². The molecule has 0 aromatic carbocycles. The zero-order valence-electron chi connectivity index (χ0n) is 8.94. The summed E-state index contributed by atoms with van der Waals surface area (Å²) in [5.74, 6) is 5.34. The normalized spacial score (nSPS) is 42.3. The molecule has 4 aliphatic rings. The van der Waals surface area contributed by atoms with Gasteiger partial charge in [-0.05, 0) is 48.0 Å². The first-order chi connectivity index (χ1) is 7.29. The Morgan fingerprint density at radius 2 is 2.07 bits per heavy atom. The maximum Gasteiger partial charge on any atom is 0.333 e. The Labute approximate surface area is 94.4 Å². The number of esters is 1. The molecule has 0 aromatic heterocycles. The van der Waals surface area contributed by atoms with Crippen LogP contribution >= 0.6 is 11.8 Å². The molecule has 0 N–H and O–H groups in total. The van der Waals surface area contributed by atoms with Crippen LogP contribution in [0.2, 0.25) is 0 Å². The molecule has 2 unspecified atom stereocenters. The first kappa shape index (κ1) is 9.76. The van der Waals surface area contributed by atoms with Crippen LogP contribution in [-0.2, 0) is 9.53 Å². The van der Waals surface area contributed by atoms with Gasteiger partial charge in [-0.25, -0.2) is 4.79 Å². The smallest absolute Gasteiger partial charge is 0.333 e. The van der Waals surface area contributed by atoms with Crippen LogP contribution in [0.3, 0.4) is 0 Å². The first-order valence-corrected chi connectivity index (χ1v) is 6.83. The van der Waals surface area contributed by atoms with Crippen molar-refractivity contribution in [1.29, 1.82) is 0 Å². The molecule has 82 valence electrons. The Morgan fingerprint density at radius 3 is 2.60 bits per heavy atom. The number of rotatable bonds is 1. The van der Waals surface area contributed by atoms with Gasteiger partial charge in [-0.15, -0.1) is 0 Å². The number of hydrogen-bond donors (Lipinski definition) is 0. The van der Waals surface area contributed by atoms with E-state index in [1.165, 1.54) is 31.5 Å². The summed E-state index contributed by atoms with van der Waals surface area (Å²) in [6.07, 6.45) is 4.67. The number of carbonyl (C=O) groups is 1. The Balaban J connectivity index is 1.90. The molecule has 15 heavy (non-hydrogen) atoms. The van der Waals surface area contributed by atoms with Gasteiger partial charge in [-0.1, -0.05) is 6.08 Å². The quantitative estimate of drug-likeness (QED) is 0.638.